The molecule has 0 fully saturated rings. The van der Waals surface area contributed by atoms with Crippen LogP contribution < -0.4 is 15.4 Å². The van der Waals surface area contributed by atoms with Crippen LogP contribution in [0.5, 0.6) is 5.75 Å². The third-order valence-corrected chi connectivity index (χ3v) is 4.50. The largest absolute Gasteiger partial charge is 0.513 e. The van der Waals surface area contributed by atoms with Crippen molar-refractivity contribution in [1.29, 1.82) is 0 Å². The topological polar surface area (TPSA) is 93.7 Å². The zero-order valence-electron chi connectivity index (χ0n) is 17.9. The average molecular weight is 472 g/mol. The van der Waals surface area contributed by atoms with Gasteiger partial charge >= 0.3 is 6.16 Å². The molecule has 0 atom stereocenters. The molecule has 0 aliphatic carbocycles. The van der Waals surface area contributed by atoms with E-state index in [1.54, 1.807) is 19.1 Å². The van der Waals surface area contributed by atoms with E-state index < -0.39 is 41.0 Å². The Morgan fingerprint density at radius 2 is 1.62 bits per heavy atom. The highest BCUT2D eigenvalue weighted by Gasteiger charge is 2.19. The molecule has 3 rings (SSSR count). The van der Waals surface area contributed by atoms with Gasteiger partial charge in [0.05, 0.1) is 12.2 Å². The van der Waals surface area contributed by atoms with Gasteiger partial charge in [0, 0.05) is 17.8 Å². The molecule has 2 N–H and O–H groups in total. The first kappa shape index (κ1) is 24.3. The zero-order valence-corrected chi connectivity index (χ0v) is 17.9. The lowest BCUT2D eigenvalue weighted by molar-refractivity contribution is 0.0949. The highest BCUT2D eigenvalue weighted by atomic mass is 19.2. The minimum Gasteiger partial charge on any atom is -0.434 e. The molecule has 0 unspecified atom stereocenters. The lowest BCUT2D eigenvalue weighted by atomic mass is 10.1. The monoisotopic (exact) mass is 472 g/mol. The van der Waals surface area contributed by atoms with Gasteiger partial charge in [0.15, 0.2) is 17.5 Å². The summed E-state index contributed by atoms with van der Waals surface area (Å²) in [6, 6.07) is 13.7. The molecule has 0 aliphatic rings. The maximum Gasteiger partial charge on any atom is 0.513 e. The minimum absolute atomic E-state index is 0.100. The van der Waals surface area contributed by atoms with Crippen molar-refractivity contribution in [2.75, 3.05) is 11.9 Å². The zero-order chi connectivity index (χ0) is 24.7. The second-order valence-corrected chi connectivity index (χ2v) is 6.87. The Kier molecular flexibility index (Phi) is 7.86. The molecule has 10 heteroatoms. The van der Waals surface area contributed by atoms with Gasteiger partial charge in [-0.2, -0.15) is 0 Å². The van der Waals surface area contributed by atoms with E-state index in [4.69, 9.17) is 4.74 Å². The average Bonchev–Trinajstić information content (AvgIpc) is 2.82. The lowest BCUT2D eigenvalue weighted by Crippen LogP contribution is -2.23. The van der Waals surface area contributed by atoms with Gasteiger partial charge in [0.1, 0.15) is 5.75 Å². The van der Waals surface area contributed by atoms with Gasteiger partial charge in [-0.25, -0.2) is 18.0 Å². The number of benzene rings is 3. The Bertz CT molecular complexity index is 1220. The summed E-state index contributed by atoms with van der Waals surface area (Å²) >= 11 is 0. The van der Waals surface area contributed by atoms with E-state index in [-0.39, 0.29) is 24.6 Å². The van der Waals surface area contributed by atoms with Crippen molar-refractivity contribution in [2.45, 2.75) is 13.5 Å². The fourth-order valence-electron chi connectivity index (χ4n) is 2.86. The third-order valence-electron chi connectivity index (χ3n) is 4.50. The van der Waals surface area contributed by atoms with Crippen LogP contribution in [0.1, 0.15) is 33.2 Å². The maximum absolute atomic E-state index is 13.8. The van der Waals surface area contributed by atoms with Crippen LogP contribution in [0.2, 0.25) is 0 Å². The van der Waals surface area contributed by atoms with Crippen molar-refractivity contribution in [2.24, 2.45) is 0 Å². The molecule has 0 radical (unpaired) electrons. The molecule has 176 valence electrons. The number of halogens is 3. The fraction of sp³-hybridized carbons (Fsp3) is 0.125. The Morgan fingerprint density at radius 3 is 2.32 bits per heavy atom. The Labute approximate surface area is 192 Å². The number of rotatable bonds is 7. The van der Waals surface area contributed by atoms with Crippen molar-refractivity contribution in [3.8, 4) is 5.75 Å². The molecule has 0 spiro atoms. The quantitative estimate of drug-likeness (QED) is 0.292. The molecule has 0 aliphatic heterocycles. The smallest absolute Gasteiger partial charge is 0.434 e. The molecule has 34 heavy (non-hydrogen) atoms. The lowest BCUT2D eigenvalue weighted by Gasteiger charge is -2.10. The number of amides is 2. The molecule has 2 amide bonds. The fourth-order valence-corrected chi connectivity index (χ4v) is 2.86. The van der Waals surface area contributed by atoms with Crippen molar-refractivity contribution in [1.82, 2.24) is 5.32 Å². The second-order valence-electron chi connectivity index (χ2n) is 6.87. The van der Waals surface area contributed by atoms with Gasteiger partial charge in [-0.1, -0.05) is 12.1 Å². The number of carbonyl (C=O) groups excluding carboxylic acids is 3. The Balaban J connectivity index is 1.59. The SMILES string of the molecule is CCOC(=O)Oc1ccc(C(=O)NCc2cccc(NC(=O)c3ccc(F)c(F)c3F)c2)cc1. The third kappa shape index (κ3) is 6.12. The highest BCUT2D eigenvalue weighted by molar-refractivity contribution is 6.04. The van der Waals surface area contributed by atoms with Crippen molar-refractivity contribution in [3.05, 3.63) is 94.8 Å². The van der Waals surface area contributed by atoms with E-state index in [0.717, 1.165) is 6.07 Å². The Morgan fingerprint density at radius 1 is 0.882 bits per heavy atom. The number of nitrogens with one attached hydrogen (secondary N) is 2. The van der Waals surface area contributed by atoms with E-state index in [1.165, 1.54) is 36.4 Å². The number of ether oxygens (including phenoxy) is 2. The second kappa shape index (κ2) is 11.0. The summed E-state index contributed by atoms with van der Waals surface area (Å²) in [6.07, 6.45) is -0.848. The summed E-state index contributed by atoms with van der Waals surface area (Å²) in [5, 5.41) is 5.10. The van der Waals surface area contributed by atoms with Crippen LogP contribution in [0.4, 0.5) is 23.7 Å². The van der Waals surface area contributed by atoms with Gasteiger partial charge in [-0.15, -0.1) is 0 Å². The van der Waals surface area contributed by atoms with Crippen LogP contribution >= 0.6 is 0 Å². The predicted molar refractivity (Wildman–Crippen MR) is 116 cm³/mol. The summed E-state index contributed by atoms with van der Waals surface area (Å²) in [5.41, 5.74) is 0.544. The summed E-state index contributed by atoms with van der Waals surface area (Å²) in [6.45, 7) is 1.92. The van der Waals surface area contributed by atoms with E-state index in [0.29, 0.717) is 17.2 Å². The molecule has 7 nitrogen and oxygen atoms in total. The molecule has 3 aromatic rings. The van der Waals surface area contributed by atoms with Crippen LogP contribution in [-0.4, -0.2) is 24.6 Å². The van der Waals surface area contributed by atoms with Gasteiger partial charge in [0.2, 0.25) is 0 Å². The molecule has 0 saturated heterocycles. The van der Waals surface area contributed by atoms with Gasteiger partial charge in [-0.3, -0.25) is 9.59 Å². The molecular formula is C24H19F3N2O5. The first-order valence-electron chi connectivity index (χ1n) is 10.0. The first-order valence-corrected chi connectivity index (χ1v) is 10.0. The first-order chi connectivity index (χ1) is 16.3. The summed E-state index contributed by atoms with van der Waals surface area (Å²) in [5.74, 6) is -5.85. The normalized spacial score (nSPS) is 10.4. The van der Waals surface area contributed by atoms with Gasteiger partial charge in [0.25, 0.3) is 11.8 Å². The number of anilines is 1. The molecule has 0 aromatic heterocycles. The van der Waals surface area contributed by atoms with Crippen molar-refractivity contribution < 1.29 is 37.0 Å². The van der Waals surface area contributed by atoms with Crippen LogP contribution in [0.25, 0.3) is 0 Å². The molecule has 0 bridgehead atoms. The Hall–Kier alpha value is -4.34. The van der Waals surface area contributed by atoms with Crippen molar-refractivity contribution >= 4 is 23.7 Å². The van der Waals surface area contributed by atoms with E-state index in [1.807, 2.05) is 0 Å². The molecule has 0 saturated carbocycles. The number of hydrogen-bond acceptors (Lipinski definition) is 5. The predicted octanol–water partition coefficient (Wildman–Crippen LogP) is 4.82. The van der Waals surface area contributed by atoms with Crippen LogP contribution in [0.15, 0.2) is 60.7 Å². The highest BCUT2D eigenvalue weighted by Crippen LogP contribution is 2.18. The standard InChI is InChI=1S/C24H19F3N2O5/c1-2-33-24(32)34-17-8-6-15(7-9-17)22(30)28-13-14-4-3-5-16(12-14)29-23(31)18-10-11-19(25)21(27)20(18)26/h3-12H,2,13H2,1H3,(H,28,30)(H,29,31). The number of hydrogen-bond donors (Lipinski definition) is 2. The summed E-state index contributed by atoms with van der Waals surface area (Å²) in [7, 11) is 0. The van der Waals surface area contributed by atoms with Crippen LogP contribution in [-0.2, 0) is 11.3 Å². The molecular weight excluding hydrogens is 453 g/mol. The van der Waals surface area contributed by atoms with Crippen molar-refractivity contribution in [3.63, 3.8) is 0 Å². The maximum atomic E-state index is 13.8. The summed E-state index contributed by atoms with van der Waals surface area (Å²) in [4.78, 5) is 35.9. The van der Waals surface area contributed by atoms with E-state index in [2.05, 4.69) is 15.4 Å². The number of carbonyl (C=O) groups is 3. The van der Waals surface area contributed by atoms with Gasteiger partial charge in [-0.05, 0) is 61.0 Å². The summed E-state index contributed by atoms with van der Waals surface area (Å²) < 4.78 is 49.9. The van der Waals surface area contributed by atoms with E-state index >= 15 is 0 Å². The molecule has 3 aromatic carbocycles. The van der Waals surface area contributed by atoms with Crippen LogP contribution in [0, 0.1) is 17.5 Å². The molecule has 0 heterocycles. The minimum atomic E-state index is -1.73. The van der Waals surface area contributed by atoms with Gasteiger partial charge < -0.3 is 20.1 Å². The van der Waals surface area contributed by atoms with E-state index in [9.17, 15) is 27.6 Å². The van der Waals surface area contributed by atoms with Crippen LogP contribution in [0.3, 0.4) is 0 Å².